The predicted octanol–water partition coefficient (Wildman–Crippen LogP) is 4.52. The summed E-state index contributed by atoms with van der Waals surface area (Å²) in [5.41, 5.74) is 6.12. The fraction of sp³-hybridized carbons (Fsp3) is 0.321. The third kappa shape index (κ3) is 4.45. The fourth-order valence-electron chi connectivity index (χ4n) is 5.34. The molecule has 2 aliphatic heterocycles. The van der Waals surface area contributed by atoms with E-state index in [0.29, 0.717) is 61.7 Å². The van der Waals surface area contributed by atoms with Crippen LogP contribution in [0, 0.1) is 5.82 Å². The van der Waals surface area contributed by atoms with Gasteiger partial charge in [-0.2, -0.15) is 0 Å². The van der Waals surface area contributed by atoms with Crippen LogP contribution in [0.5, 0.6) is 0 Å². The molecule has 0 saturated carbocycles. The Morgan fingerprint density at radius 1 is 1.16 bits per heavy atom. The molecule has 0 unspecified atom stereocenters. The highest BCUT2D eigenvalue weighted by molar-refractivity contribution is 6.06. The number of imidazole rings is 1. The molecular formula is C28H29F2N7O. The van der Waals surface area contributed by atoms with Gasteiger partial charge in [-0.15, -0.1) is 0 Å². The maximum absolute atomic E-state index is 13.7. The van der Waals surface area contributed by atoms with Crippen molar-refractivity contribution in [3.8, 4) is 11.3 Å². The van der Waals surface area contributed by atoms with Crippen molar-refractivity contribution in [3.63, 3.8) is 0 Å². The quantitative estimate of drug-likeness (QED) is 0.392. The highest BCUT2D eigenvalue weighted by atomic mass is 19.1. The van der Waals surface area contributed by atoms with Crippen LogP contribution in [0.3, 0.4) is 0 Å². The van der Waals surface area contributed by atoms with Gasteiger partial charge >= 0.3 is 0 Å². The summed E-state index contributed by atoms with van der Waals surface area (Å²) in [5.74, 6) is 0.115. The average Bonchev–Trinajstić information content (AvgIpc) is 3.48. The highest BCUT2D eigenvalue weighted by Crippen LogP contribution is 2.36. The first-order valence-corrected chi connectivity index (χ1v) is 12.7. The lowest BCUT2D eigenvalue weighted by Gasteiger charge is -2.32. The third-order valence-corrected chi connectivity index (χ3v) is 7.16. The summed E-state index contributed by atoms with van der Waals surface area (Å²) in [6.07, 6.45) is 3.64. The molecule has 1 amide bonds. The summed E-state index contributed by atoms with van der Waals surface area (Å²) >= 11 is 0. The normalized spacial score (nSPS) is 15.8. The van der Waals surface area contributed by atoms with Crippen LogP contribution in [0.1, 0.15) is 34.5 Å². The Morgan fingerprint density at radius 3 is 2.76 bits per heavy atom. The fourth-order valence-corrected chi connectivity index (χ4v) is 5.34. The lowest BCUT2D eigenvalue weighted by atomic mass is 9.99. The van der Waals surface area contributed by atoms with Crippen LogP contribution in [0.15, 0.2) is 48.8 Å². The molecule has 196 valence electrons. The van der Waals surface area contributed by atoms with Crippen molar-refractivity contribution >= 4 is 28.7 Å². The molecule has 0 bridgehead atoms. The summed E-state index contributed by atoms with van der Waals surface area (Å²) in [7, 11) is 3.98. The van der Waals surface area contributed by atoms with Crippen LogP contribution in [0.4, 0.5) is 26.0 Å². The second-order valence-corrected chi connectivity index (χ2v) is 10.1. The van der Waals surface area contributed by atoms with Crippen molar-refractivity contribution in [2.45, 2.75) is 32.1 Å². The molecule has 0 aliphatic carbocycles. The van der Waals surface area contributed by atoms with Crippen LogP contribution in [-0.4, -0.2) is 58.5 Å². The zero-order valence-electron chi connectivity index (χ0n) is 21.3. The third-order valence-electron chi connectivity index (χ3n) is 7.16. The zero-order chi connectivity index (χ0) is 26.4. The van der Waals surface area contributed by atoms with Crippen LogP contribution < -0.4 is 15.5 Å². The van der Waals surface area contributed by atoms with Crippen molar-refractivity contribution in [1.82, 2.24) is 24.6 Å². The van der Waals surface area contributed by atoms with Gasteiger partial charge in [0, 0.05) is 44.0 Å². The molecule has 0 atom stereocenters. The molecular weight excluding hydrogens is 488 g/mol. The number of benzene rings is 1. The minimum atomic E-state index is -0.740. The number of alkyl halides is 1. The number of aromatic nitrogens is 3. The van der Waals surface area contributed by atoms with Crippen LogP contribution >= 0.6 is 0 Å². The molecule has 1 fully saturated rings. The Kier molecular flexibility index (Phi) is 6.19. The first-order chi connectivity index (χ1) is 18.4. The van der Waals surface area contributed by atoms with E-state index in [1.807, 2.05) is 42.8 Å². The van der Waals surface area contributed by atoms with Gasteiger partial charge in [0.05, 0.1) is 34.5 Å². The van der Waals surface area contributed by atoms with E-state index in [1.165, 1.54) is 12.1 Å². The standard InChI is InChI=1S/C28H29F2N7O/c1-35(2)16-22-23(36-10-7-17(29)8-11-36)5-6-25(34-22)33-21-4-3-19(20-14-32-28(38)27(20)21)24-15-31-26-13-18(30)9-12-37(24)26/h3-6,9,12-13,15,17H,7-8,10-11,14,16H2,1-2H3,(H,32,38)(H,33,34). The number of carbonyl (C=O) groups excluding carboxylic acids is 1. The molecule has 1 saturated heterocycles. The zero-order valence-corrected chi connectivity index (χ0v) is 21.3. The first kappa shape index (κ1) is 24.3. The number of nitrogens with zero attached hydrogens (tertiary/aromatic N) is 5. The smallest absolute Gasteiger partial charge is 0.254 e. The number of rotatable bonds is 6. The summed E-state index contributed by atoms with van der Waals surface area (Å²) in [4.78, 5) is 26.4. The van der Waals surface area contributed by atoms with Gasteiger partial charge in [0.15, 0.2) is 0 Å². The number of carbonyl (C=O) groups is 1. The lowest BCUT2D eigenvalue weighted by Crippen LogP contribution is -2.35. The van der Waals surface area contributed by atoms with Gasteiger partial charge in [0.2, 0.25) is 0 Å². The molecule has 5 heterocycles. The molecule has 8 nitrogen and oxygen atoms in total. The Labute approximate surface area is 219 Å². The molecule has 3 aromatic heterocycles. The Bertz CT molecular complexity index is 1530. The first-order valence-electron chi connectivity index (χ1n) is 12.7. The molecule has 38 heavy (non-hydrogen) atoms. The van der Waals surface area contributed by atoms with Gasteiger partial charge in [-0.25, -0.2) is 18.7 Å². The maximum atomic E-state index is 13.7. The van der Waals surface area contributed by atoms with E-state index in [1.54, 1.807) is 12.4 Å². The number of hydrogen-bond acceptors (Lipinski definition) is 6. The molecule has 10 heteroatoms. The van der Waals surface area contributed by atoms with E-state index in [4.69, 9.17) is 4.98 Å². The second-order valence-electron chi connectivity index (χ2n) is 10.1. The number of anilines is 3. The van der Waals surface area contributed by atoms with Crippen LogP contribution in [-0.2, 0) is 13.1 Å². The largest absolute Gasteiger partial charge is 0.370 e. The van der Waals surface area contributed by atoms with Crippen molar-refractivity contribution < 1.29 is 13.6 Å². The van der Waals surface area contributed by atoms with E-state index in [9.17, 15) is 13.6 Å². The minimum absolute atomic E-state index is 0.163. The van der Waals surface area contributed by atoms with Crippen molar-refractivity contribution in [3.05, 3.63) is 71.4 Å². The van der Waals surface area contributed by atoms with E-state index in [2.05, 4.69) is 25.4 Å². The van der Waals surface area contributed by atoms with E-state index < -0.39 is 6.17 Å². The van der Waals surface area contributed by atoms with E-state index in [0.717, 1.165) is 28.2 Å². The highest BCUT2D eigenvalue weighted by Gasteiger charge is 2.28. The van der Waals surface area contributed by atoms with Gasteiger partial charge in [-0.1, -0.05) is 6.07 Å². The number of amides is 1. The molecule has 2 N–H and O–H groups in total. The Morgan fingerprint density at radius 2 is 1.97 bits per heavy atom. The summed E-state index contributed by atoms with van der Waals surface area (Å²) in [6, 6.07) is 10.5. The van der Waals surface area contributed by atoms with Gasteiger partial charge in [-0.05, 0) is 56.8 Å². The number of hydrogen-bond donors (Lipinski definition) is 2. The molecule has 2 aliphatic rings. The maximum Gasteiger partial charge on any atom is 0.254 e. The minimum Gasteiger partial charge on any atom is -0.370 e. The molecule has 4 aromatic rings. The van der Waals surface area contributed by atoms with Crippen molar-refractivity contribution in [2.24, 2.45) is 0 Å². The van der Waals surface area contributed by atoms with Crippen LogP contribution in [0.2, 0.25) is 0 Å². The Hall–Kier alpha value is -4.05. The number of nitrogens with one attached hydrogen (secondary N) is 2. The van der Waals surface area contributed by atoms with Gasteiger partial charge in [-0.3, -0.25) is 9.20 Å². The average molecular weight is 518 g/mol. The Balaban J connectivity index is 1.35. The van der Waals surface area contributed by atoms with Crippen molar-refractivity contribution in [1.29, 1.82) is 0 Å². The van der Waals surface area contributed by atoms with Gasteiger partial charge in [0.1, 0.15) is 23.5 Å². The molecule has 0 radical (unpaired) electrons. The van der Waals surface area contributed by atoms with E-state index in [-0.39, 0.29) is 11.7 Å². The predicted molar refractivity (Wildman–Crippen MR) is 143 cm³/mol. The molecule has 0 spiro atoms. The summed E-state index contributed by atoms with van der Waals surface area (Å²) in [6.45, 7) is 2.35. The summed E-state index contributed by atoms with van der Waals surface area (Å²) in [5, 5.41) is 6.29. The second kappa shape index (κ2) is 9.68. The number of pyridine rings is 2. The SMILES string of the molecule is CN(C)Cc1nc(Nc2ccc(-c3cnc4cc(F)ccn34)c3c2C(=O)NC3)ccc1N1CCC(F)CC1. The van der Waals surface area contributed by atoms with Gasteiger partial charge < -0.3 is 20.4 Å². The topological polar surface area (TPSA) is 77.8 Å². The molecule has 6 rings (SSSR count). The van der Waals surface area contributed by atoms with Crippen molar-refractivity contribution in [2.75, 3.05) is 37.4 Å². The molecule has 1 aromatic carbocycles. The monoisotopic (exact) mass is 517 g/mol. The number of piperidine rings is 1. The van der Waals surface area contributed by atoms with Gasteiger partial charge in [0.25, 0.3) is 5.91 Å². The number of halogens is 2. The number of fused-ring (bicyclic) bond motifs is 2. The lowest BCUT2D eigenvalue weighted by molar-refractivity contribution is 0.0966. The van der Waals surface area contributed by atoms with E-state index >= 15 is 0 Å². The van der Waals surface area contributed by atoms with Crippen LogP contribution in [0.25, 0.3) is 16.9 Å². The summed E-state index contributed by atoms with van der Waals surface area (Å²) < 4.78 is 29.2.